The Morgan fingerprint density at radius 1 is 1.29 bits per heavy atom. The zero-order valence-electron chi connectivity index (χ0n) is 8.11. The molecule has 1 N–H and O–H groups in total. The van der Waals surface area contributed by atoms with Crippen LogP contribution in [0.15, 0.2) is 24.5 Å². The molecule has 0 aliphatic carbocycles. The van der Waals surface area contributed by atoms with Gasteiger partial charge in [0.15, 0.2) is 0 Å². The number of nitrogens with one attached hydrogen (secondary N) is 1. The van der Waals surface area contributed by atoms with Gasteiger partial charge in [0.25, 0.3) is 0 Å². The van der Waals surface area contributed by atoms with Crippen molar-refractivity contribution in [2.75, 3.05) is 7.11 Å². The molecule has 4 nitrogen and oxygen atoms in total. The number of aromatic amines is 1. The summed E-state index contributed by atoms with van der Waals surface area (Å²) >= 11 is 0. The Labute approximate surface area is 81.9 Å². The number of hydrogen-bond acceptors (Lipinski definition) is 3. The second-order valence-corrected chi connectivity index (χ2v) is 3.00. The summed E-state index contributed by atoms with van der Waals surface area (Å²) in [6.45, 7) is 1.98. The van der Waals surface area contributed by atoms with Crippen LogP contribution in [-0.2, 0) is 0 Å². The van der Waals surface area contributed by atoms with Gasteiger partial charge >= 0.3 is 0 Å². The summed E-state index contributed by atoms with van der Waals surface area (Å²) in [6, 6.07) is 3.80. The lowest BCUT2D eigenvalue weighted by atomic mass is 10.1. The van der Waals surface area contributed by atoms with E-state index in [9.17, 15) is 0 Å². The third kappa shape index (κ3) is 1.46. The average Bonchev–Trinajstić information content (AvgIpc) is 2.65. The van der Waals surface area contributed by atoms with Crippen molar-refractivity contribution in [3.8, 4) is 17.0 Å². The molecule has 4 heteroatoms. The van der Waals surface area contributed by atoms with Crippen molar-refractivity contribution in [1.29, 1.82) is 0 Å². The average molecular weight is 189 g/mol. The van der Waals surface area contributed by atoms with E-state index >= 15 is 0 Å². The second kappa shape index (κ2) is 3.49. The number of rotatable bonds is 2. The highest BCUT2D eigenvalue weighted by Crippen LogP contribution is 2.21. The number of ether oxygens (including phenoxy) is 1. The van der Waals surface area contributed by atoms with E-state index in [1.54, 1.807) is 19.5 Å². The van der Waals surface area contributed by atoms with E-state index in [0.717, 1.165) is 16.8 Å². The maximum absolute atomic E-state index is 4.98. The molecule has 2 aromatic heterocycles. The summed E-state index contributed by atoms with van der Waals surface area (Å²) in [4.78, 5) is 4.13. The summed E-state index contributed by atoms with van der Waals surface area (Å²) in [5.41, 5.74) is 3.15. The normalized spacial score (nSPS) is 10.1. The van der Waals surface area contributed by atoms with E-state index in [0.29, 0.717) is 5.88 Å². The van der Waals surface area contributed by atoms with Gasteiger partial charge in [-0.3, -0.25) is 5.10 Å². The monoisotopic (exact) mass is 189 g/mol. The zero-order chi connectivity index (χ0) is 9.97. The molecule has 2 rings (SSSR count). The molecule has 0 atom stereocenters. The Morgan fingerprint density at radius 3 is 2.64 bits per heavy atom. The van der Waals surface area contributed by atoms with Gasteiger partial charge in [0.05, 0.1) is 13.3 Å². The van der Waals surface area contributed by atoms with E-state index in [-0.39, 0.29) is 0 Å². The fourth-order valence-electron chi connectivity index (χ4n) is 1.30. The van der Waals surface area contributed by atoms with Gasteiger partial charge in [-0.25, -0.2) is 4.98 Å². The third-order valence-electron chi connectivity index (χ3n) is 2.09. The molecule has 0 saturated carbocycles. The molecule has 0 aliphatic heterocycles. The molecule has 2 heterocycles. The molecule has 0 bridgehead atoms. The molecule has 0 unspecified atom stereocenters. The first-order valence-electron chi connectivity index (χ1n) is 4.31. The molecule has 0 aliphatic rings. The van der Waals surface area contributed by atoms with Gasteiger partial charge < -0.3 is 4.74 Å². The van der Waals surface area contributed by atoms with Gasteiger partial charge in [-0.1, -0.05) is 0 Å². The van der Waals surface area contributed by atoms with Crippen LogP contribution in [0.3, 0.4) is 0 Å². The summed E-state index contributed by atoms with van der Waals surface area (Å²) < 4.78 is 4.98. The zero-order valence-corrected chi connectivity index (χ0v) is 8.11. The third-order valence-corrected chi connectivity index (χ3v) is 2.09. The van der Waals surface area contributed by atoms with Crippen molar-refractivity contribution in [1.82, 2.24) is 15.2 Å². The summed E-state index contributed by atoms with van der Waals surface area (Å²) in [6.07, 6.45) is 3.56. The minimum absolute atomic E-state index is 0.620. The van der Waals surface area contributed by atoms with Crippen LogP contribution >= 0.6 is 0 Å². The van der Waals surface area contributed by atoms with Crippen LogP contribution in [0.1, 0.15) is 5.69 Å². The predicted molar refractivity (Wildman–Crippen MR) is 53.1 cm³/mol. The molecule has 2 aromatic rings. The van der Waals surface area contributed by atoms with Crippen molar-refractivity contribution >= 4 is 0 Å². The first-order valence-corrected chi connectivity index (χ1v) is 4.31. The van der Waals surface area contributed by atoms with Crippen LogP contribution in [0.5, 0.6) is 5.88 Å². The van der Waals surface area contributed by atoms with Gasteiger partial charge in [-0.2, -0.15) is 5.10 Å². The quantitative estimate of drug-likeness (QED) is 0.783. The minimum Gasteiger partial charge on any atom is -0.481 e. The Kier molecular flexibility index (Phi) is 2.18. The molecular weight excluding hydrogens is 178 g/mol. The molecular formula is C10H11N3O. The number of H-pyrrole nitrogens is 1. The molecule has 14 heavy (non-hydrogen) atoms. The molecule has 0 saturated heterocycles. The lowest BCUT2D eigenvalue weighted by Crippen LogP contribution is -1.87. The topological polar surface area (TPSA) is 50.8 Å². The highest BCUT2D eigenvalue weighted by molar-refractivity contribution is 5.64. The number of hydrogen-bond donors (Lipinski definition) is 1. The Balaban J connectivity index is 2.39. The van der Waals surface area contributed by atoms with Gasteiger partial charge in [0, 0.05) is 29.1 Å². The van der Waals surface area contributed by atoms with Crippen molar-refractivity contribution in [3.05, 3.63) is 30.2 Å². The highest BCUT2D eigenvalue weighted by atomic mass is 16.5. The smallest absolute Gasteiger partial charge is 0.212 e. The van der Waals surface area contributed by atoms with Crippen LogP contribution in [0.2, 0.25) is 0 Å². The second-order valence-electron chi connectivity index (χ2n) is 3.00. The van der Waals surface area contributed by atoms with Crippen LogP contribution in [0, 0.1) is 6.92 Å². The Bertz CT molecular complexity index is 419. The summed E-state index contributed by atoms with van der Waals surface area (Å²) in [5, 5.41) is 6.84. The number of methoxy groups -OCH3 is 1. The lowest BCUT2D eigenvalue weighted by molar-refractivity contribution is 0.398. The fraction of sp³-hybridized carbons (Fsp3) is 0.200. The molecule has 0 fully saturated rings. The highest BCUT2D eigenvalue weighted by Gasteiger charge is 2.03. The van der Waals surface area contributed by atoms with Crippen molar-refractivity contribution in [2.45, 2.75) is 6.92 Å². The van der Waals surface area contributed by atoms with E-state index in [4.69, 9.17) is 4.74 Å². The first kappa shape index (κ1) is 8.74. The maximum atomic E-state index is 4.98. The van der Waals surface area contributed by atoms with Gasteiger partial charge in [0.1, 0.15) is 0 Å². The van der Waals surface area contributed by atoms with E-state index < -0.39 is 0 Å². The van der Waals surface area contributed by atoms with Crippen LogP contribution in [0.25, 0.3) is 11.1 Å². The number of aryl methyl sites for hydroxylation is 1. The van der Waals surface area contributed by atoms with Crippen LogP contribution in [-0.4, -0.2) is 22.3 Å². The van der Waals surface area contributed by atoms with Gasteiger partial charge in [-0.15, -0.1) is 0 Å². The van der Waals surface area contributed by atoms with Crippen molar-refractivity contribution in [2.24, 2.45) is 0 Å². The van der Waals surface area contributed by atoms with Crippen molar-refractivity contribution < 1.29 is 4.74 Å². The SMILES string of the molecule is COc1ccc(-c2cn[nH]c2C)cn1. The summed E-state index contributed by atoms with van der Waals surface area (Å²) in [7, 11) is 1.60. The first-order chi connectivity index (χ1) is 6.81. The standard InChI is InChI=1S/C10H11N3O/c1-7-9(6-12-13-7)8-3-4-10(14-2)11-5-8/h3-6H,1-2H3,(H,12,13). The molecule has 0 amide bonds. The number of pyridine rings is 1. The van der Waals surface area contributed by atoms with Crippen molar-refractivity contribution in [3.63, 3.8) is 0 Å². The number of aromatic nitrogens is 3. The lowest BCUT2D eigenvalue weighted by Gasteiger charge is -2.00. The number of nitrogens with zero attached hydrogens (tertiary/aromatic N) is 2. The van der Waals surface area contributed by atoms with E-state index in [1.165, 1.54) is 0 Å². The maximum Gasteiger partial charge on any atom is 0.212 e. The van der Waals surface area contributed by atoms with Crippen LogP contribution in [0.4, 0.5) is 0 Å². The van der Waals surface area contributed by atoms with E-state index in [1.807, 2.05) is 19.1 Å². The molecule has 0 radical (unpaired) electrons. The summed E-state index contributed by atoms with van der Waals surface area (Å²) in [5.74, 6) is 0.620. The molecule has 0 spiro atoms. The predicted octanol–water partition coefficient (Wildman–Crippen LogP) is 1.79. The molecule has 0 aromatic carbocycles. The van der Waals surface area contributed by atoms with Gasteiger partial charge in [0.2, 0.25) is 5.88 Å². The molecule has 72 valence electrons. The Morgan fingerprint density at radius 2 is 2.14 bits per heavy atom. The largest absolute Gasteiger partial charge is 0.481 e. The van der Waals surface area contributed by atoms with Gasteiger partial charge in [-0.05, 0) is 13.0 Å². The van der Waals surface area contributed by atoms with E-state index in [2.05, 4.69) is 15.2 Å². The fourth-order valence-corrected chi connectivity index (χ4v) is 1.30. The van der Waals surface area contributed by atoms with Crippen LogP contribution < -0.4 is 4.74 Å². The minimum atomic E-state index is 0.620. The Hall–Kier alpha value is -1.84.